The summed E-state index contributed by atoms with van der Waals surface area (Å²) < 4.78 is 30.7. The van der Waals surface area contributed by atoms with E-state index in [9.17, 15) is 19.3 Å². The van der Waals surface area contributed by atoms with E-state index in [-0.39, 0.29) is 40.2 Å². The number of halogens is 2. The predicted molar refractivity (Wildman–Crippen MR) is 127 cm³/mol. The van der Waals surface area contributed by atoms with E-state index in [1.807, 2.05) is 0 Å². The molecular formula is C25H18ClFN2O6. The maximum atomic E-state index is 14.0. The van der Waals surface area contributed by atoms with Crippen molar-refractivity contribution in [3.63, 3.8) is 0 Å². The van der Waals surface area contributed by atoms with Crippen molar-refractivity contribution in [3.8, 4) is 11.5 Å². The van der Waals surface area contributed by atoms with Crippen LogP contribution in [0.15, 0.2) is 71.4 Å². The van der Waals surface area contributed by atoms with Gasteiger partial charge in [-0.15, -0.1) is 0 Å². The van der Waals surface area contributed by atoms with Crippen molar-refractivity contribution >= 4 is 35.2 Å². The first kappa shape index (κ1) is 23.9. The lowest BCUT2D eigenvalue weighted by atomic mass is 10.1. The van der Waals surface area contributed by atoms with Gasteiger partial charge in [0.1, 0.15) is 12.4 Å². The van der Waals surface area contributed by atoms with Crippen LogP contribution in [0.4, 0.5) is 10.1 Å². The number of esters is 1. The van der Waals surface area contributed by atoms with Gasteiger partial charge in [-0.2, -0.15) is 0 Å². The number of aliphatic imine (C=N–C) groups is 1. The van der Waals surface area contributed by atoms with Crippen LogP contribution in [-0.2, 0) is 16.1 Å². The highest BCUT2D eigenvalue weighted by Gasteiger charge is 2.26. The van der Waals surface area contributed by atoms with Gasteiger partial charge < -0.3 is 14.2 Å². The van der Waals surface area contributed by atoms with E-state index in [0.717, 1.165) is 0 Å². The molecule has 0 spiro atoms. The summed E-state index contributed by atoms with van der Waals surface area (Å²) in [6.07, 6.45) is 1.45. The van der Waals surface area contributed by atoms with E-state index in [1.165, 1.54) is 36.4 Å². The lowest BCUT2D eigenvalue weighted by Gasteiger charge is -2.14. The van der Waals surface area contributed by atoms with Crippen molar-refractivity contribution in [2.75, 3.05) is 6.61 Å². The van der Waals surface area contributed by atoms with Gasteiger partial charge in [0.05, 0.1) is 22.1 Å². The normalized spacial score (nSPS) is 14.0. The molecular weight excluding hydrogens is 479 g/mol. The van der Waals surface area contributed by atoms with Gasteiger partial charge in [0, 0.05) is 12.1 Å². The number of rotatable bonds is 8. The molecule has 0 saturated carbocycles. The quantitative estimate of drug-likeness (QED) is 0.171. The van der Waals surface area contributed by atoms with Gasteiger partial charge in [-0.25, -0.2) is 14.2 Å². The summed E-state index contributed by atoms with van der Waals surface area (Å²) in [5.74, 6) is -0.803. The minimum Gasteiger partial charge on any atom is -0.490 e. The summed E-state index contributed by atoms with van der Waals surface area (Å²) in [4.78, 5) is 26.8. The molecule has 0 amide bonds. The fourth-order valence-electron chi connectivity index (χ4n) is 3.26. The van der Waals surface area contributed by atoms with Crippen molar-refractivity contribution < 1.29 is 28.3 Å². The first-order valence-corrected chi connectivity index (χ1v) is 10.8. The first-order valence-electron chi connectivity index (χ1n) is 10.5. The highest BCUT2D eigenvalue weighted by molar-refractivity contribution is 6.32. The maximum absolute atomic E-state index is 14.0. The molecule has 0 bridgehead atoms. The summed E-state index contributed by atoms with van der Waals surface area (Å²) in [6, 6.07) is 15.0. The Hall–Kier alpha value is -4.24. The number of non-ortho nitro benzene ring substituents is 1. The monoisotopic (exact) mass is 496 g/mol. The van der Waals surface area contributed by atoms with E-state index in [4.69, 9.17) is 25.8 Å². The van der Waals surface area contributed by atoms with Crippen molar-refractivity contribution in [1.29, 1.82) is 0 Å². The summed E-state index contributed by atoms with van der Waals surface area (Å²) in [7, 11) is 0. The van der Waals surface area contributed by atoms with E-state index < -0.39 is 16.7 Å². The topological polar surface area (TPSA) is 100 Å². The van der Waals surface area contributed by atoms with Crippen LogP contribution >= 0.6 is 11.6 Å². The zero-order valence-electron chi connectivity index (χ0n) is 18.4. The van der Waals surface area contributed by atoms with E-state index >= 15 is 0 Å². The van der Waals surface area contributed by atoms with Crippen LogP contribution in [0.25, 0.3) is 6.08 Å². The number of carbonyl (C=O) groups is 1. The number of nitro benzene ring substituents is 1. The first-order chi connectivity index (χ1) is 16.9. The van der Waals surface area contributed by atoms with Crippen molar-refractivity contribution in [3.05, 3.63) is 104 Å². The van der Waals surface area contributed by atoms with Crippen LogP contribution in [-0.4, -0.2) is 23.4 Å². The lowest BCUT2D eigenvalue weighted by Crippen LogP contribution is -2.07. The highest BCUT2D eigenvalue weighted by atomic mass is 35.5. The fourth-order valence-corrected chi connectivity index (χ4v) is 3.53. The zero-order chi connectivity index (χ0) is 24.9. The van der Waals surface area contributed by atoms with Crippen molar-refractivity contribution in [2.24, 2.45) is 4.99 Å². The van der Waals surface area contributed by atoms with Crippen LogP contribution in [0.3, 0.4) is 0 Å². The molecule has 10 heteroatoms. The third-order valence-electron chi connectivity index (χ3n) is 4.89. The molecule has 0 fully saturated rings. The molecule has 0 N–H and O–H groups in total. The molecule has 3 aromatic rings. The van der Waals surface area contributed by atoms with Crippen molar-refractivity contribution in [1.82, 2.24) is 0 Å². The Morgan fingerprint density at radius 3 is 2.57 bits per heavy atom. The molecule has 35 heavy (non-hydrogen) atoms. The molecule has 0 radical (unpaired) electrons. The summed E-state index contributed by atoms with van der Waals surface area (Å²) >= 11 is 6.45. The average Bonchev–Trinajstić information content (AvgIpc) is 3.19. The largest absolute Gasteiger partial charge is 0.490 e. The minimum absolute atomic E-state index is 0.0227. The second kappa shape index (κ2) is 10.4. The number of nitrogens with zero attached hydrogens (tertiary/aromatic N) is 2. The van der Waals surface area contributed by atoms with Crippen molar-refractivity contribution in [2.45, 2.75) is 13.5 Å². The average molecular weight is 497 g/mol. The van der Waals surface area contributed by atoms with Gasteiger partial charge in [0.15, 0.2) is 17.2 Å². The maximum Gasteiger partial charge on any atom is 0.363 e. The Morgan fingerprint density at radius 2 is 1.89 bits per heavy atom. The van der Waals surface area contributed by atoms with Gasteiger partial charge >= 0.3 is 5.97 Å². The molecule has 0 atom stereocenters. The number of hydrogen-bond acceptors (Lipinski definition) is 7. The fraction of sp³-hybridized carbons (Fsp3) is 0.120. The zero-order valence-corrected chi connectivity index (χ0v) is 19.1. The predicted octanol–water partition coefficient (Wildman–Crippen LogP) is 5.71. The lowest BCUT2D eigenvalue weighted by molar-refractivity contribution is -0.384. The minimum atomic E-state index is -0.726. The molecule has 3 aromatic carbocycles. The Labute approximate surface area is 204 Å². The number of nitro groups is 1. The van der Waals surface area contributed by atoms with E-state index in [1.54, 1.807) is 37.3 Å². The number of hydrogen-bond donors (Lipinski definition) is 0. The Kier molecular flexibility index (Phi) is 7.07. The number of carbonyl (C=O) groups excluding carboxylic acids is 1. The van der Waals surface area contributed by atoms with Crippen LogP contribution < -0.4 is 9.47 Å². The third kappa shape index (κ3) is 5.47. The van der Waals surface area contributed by atoms with Gasteiger partial charge in [-0.3, -0.25) is 10.1 Å². The Balaban J connectivity index is 1.59. The molecule has 0 unspecified atom stereocenters. The van der Waals surface area contributed by atoms with Gasteiger partial charge in [-0.05, 0) is 60.5 Å². The molecule has 0 saturated heterocycles. The second-order valence-corrected chi connectivity index (χ2v) is 7.70. The molecule has 4 rings (SSSR count). The van der Waals surface area contributed by atoms with E-state index in [0.29, 0.717) is 23.5 Å². The number of benzene rings is 3. The van der Waals surface area contributed by atoms with Gasteiger partial charge in [-0.1, -0.05) is 23.7 Å². The summed E-state index contributed by atoms with van der Waals surface area (Å²) in [5.41, 5.74) is 1.22. The van der Waals surface area contributed by atoms with Crippen LogP contribution in [0, 0.1) is 15.9 Å². The molecule has 1 aliphatic heterocycles. The van der Waals surface area contributed by atoms with Crippen LogP contribution in [0.2, 0.25) is 5.02 Å². The molecule has 1 aliphatic rings. The van der Waals surface area contributed by atoms with Crippen LogP contribution in [0.5, 0.6) is 11.5 Å². The molecule has 8 nitrogen and oxygen atoms in total. The Morgan fingerprint density at radius 1 is 1.14 bits per heavy atom. The SMILES string of the molecule is CCOc1cc(/C=C2\N=C(c3ccccc3F)OC2=O)cc(Cl)c1OCc1ccc([N+](=O)[O-])cc1. The summed E-state index contributed by atoms with van der Waals surface area (Å²) in [6.45, 7) is 2.21. The smallest absolute Gasteiger partial charge is 0.363 e. The summed E-state index contributed by atoms with van der Waals surface area (Å²) in [5, 5.41) is 11.0. The van der Waals surface area contributed by atoms with Gasteiger partial charge in [0.25, 0.3) is 5.69 Å². The molecule has 1 heterocycles. The molecule has 0 aromatic heterocycles. The van der Waals surface area contributed by atoms with Crippen LogP contribution in [0.1, 0.15) is 23.6 Å². The Bertz CT molecular complexity index is 1350. The number of ether oxygens (including phenoxy) is 3. The standard InChI is InChI=1S/C25H18ClFN2O6/c1-2-33-22-13-16(12-21-25(30)35-24(28-21)18-5-3-4-6-20(18)27)11-19(26)23(22)34-14-15-7-9-17(10-8-15)29(31)32/h3-13H,2,14H2,1H3/b21-12-. The third-order valence-corrected chi connectivity index (χ3v) is 5.17. The highest BCUT2D eigenvalue weighted by Crippen LogP contribution is 2.38. The van der Waals surface area contributed by atoms with E-state index in [2.05, 4.69) is 4.99 Å². The molecule has 0 aliphatic carbocycles. The van der Waals surface area contributed by atoms with Gasteiger partial charge in [0.2, 0.25) is 5.90 Å². The second-order valence-electron chi connectivity index (χ2n) is 7.29. The number of cyclic esters (lactones) is 1. The molecule has 178 valence electrons.